The molecule has 20 heavy (non-hydrogen) atoms. The van der Waals surface area contributed by atoms with Gasteiger partial charge in [-0.1, -0.05) is 12.1 Å². The zero-order valence-corrected chi connectivity index (χ0v) is 11.2. The van der Waals surface area contributed by atoms with Crippen molar-refractivity contribution in [3.63, 3.8) is 0 Å². The van der Waals surface area contributed by atoms with Crippen LogP contribution in [0.5, 0.6) is 5.75 Å². The van der Waals surface area contributed by atoms with Crippen molar-refractivity contribution < 1.29 is 24.5 Å². The molecule has 0 saturated carbocycles. The monoisotopic (exact) mass is 282 g/mol. The molecule has 0 unspecified atom stereocenters. The van der Waals surface area contributed by atoms with Crippen LogP contribution in [0, 0.1) is 0 Å². The quantitative estimate of drug-likeness (QED) is 0.608. The maximum Gasteiger partial charge on any atom is 0.314 e. The Morgan fingerprint density at radius 1 is 1.20 bits per heavy atom. The topological polar surface area (TPSA) is 99.1 Å². The highest BCUT2D eigenvalue weighted by Crippen LogP contribution is 2.22. The zero-order valence-electron chi connectivity index (χ0n) is 11.2. The van der Waals surface area contributed by atoms with Gasteiger partial charge in [0, 0.05) is 13.1 Å². The van der Waals surface area contributed by atoms with Gasteiger partial charge in [0.2, 0.25) is 0 Å². The van der Waals surface area contributed by atoms with Gasteiger partial charge in [0.25, 0.3) is 0 Å². The summed E-state index contributed by atoms with van der Waals surface area (Å²) in [6.07, 6.45) is 0. The van der Waals surface area contributed by atoms with Crippen LogP contribution in [0.3, 0.4) is 0 Å². The number of aliphatic hydroxyl groups is 2. The third kappa shape index (κ3) is 4.22. The Morgan fingerprint density at radius 2 is 1.80 bits per heavy atom. The van der Waals surface area contributed by atoms with Crippen molar-refractivity contribution in [3.05, 3.63) is 24.3 Å². The van der Waals surface area contributed by atoms with Crippen LogP contribution in [0.4, 0.5) is 5.69 Å². The van der Waals surface area contributed by atoms with Gasteiger partial charge in [-0.15, -0.1) is 0 Å². The largest absolute Gasteiger partial charge is 0.495 e. The molecule has 0 heterocycles. The lowest BCUT2D eigenvalue weighted by Crippen LogP contribution is -2.42. The van der Waals surface area contributed by atoms with Gasteiger partial charge in [-0.25, -0.2) is 0 Å². The predicted molar refractivity (Wildman–Crippen MR) is 72.4 cm³/mol. The summed E-state index contributed by atoms with van der Waals surface area (Å²) < 4.78 is 5.06. The van der Waals surface area contributed by atoms with Gasteiger partial charge >= 0.3 is 11.8 Å². The molecule has 0 saturated heterocycles. The first-order valence-corrected chi connectivity index (χ1v) is 6.09. The van der Waals surface area contributed by atoms with Crippen molar-refractivity contribution >= 4 is 17.5 Å². The molecule has 0 radical (unpaired) electrons. The molecule has 110 valence electrons. The maximum absolute atomic E-state index is 11.9. The van der Waals surface area contributed by atoms with Crippen molar-refractivity contribution in [1.82, 2.24) is 4.90 Å². The second-order valence-corrected chi connectivity index (χ2v) is 3.89. The second kappa shape index (κ2) is 8.13. The van der Waals surface area contributed by atoms with Crippen LogP contribution < -0.4 is 10.1 Å². The summed E-state index contributed by atoms with van der Waals surface area (Å²) in [6.45, 7) is -0.598. The third-order valence-corrected chi connectivity index (χ3v) is 2.58. The molecule has 1 aromatic rings. The summed E-state index contributed by atoms with van der Waals surface area (Å²) in [6, 6.07) is 6.69. The Hall–Kier alpha value is -2.12. The van der Waals surface area contributed by atoms with E-state index in [4.69, 9.17) is 14.9 Å². The van der Waals surface area contributed by atoms with E-state index in [1.807, 2.05) is 0 Å². The molecular formula is C13H18N2O5. The lowest BCUT2D eigenvalue weighted by atomic mass is 10.3. The molecule has 2 amide bonds. The lowest BCUT2D eigenvalue weighted by Gasteiger charge is -2.20. The highest BCUT2D eigenvalue weighted by atomic mass is 16.5. The lowest BCUT2D eigenvalue weighted by molar-refractivity contribution is -0.143. The second-order valence-electron chi connectivity index (χ2n) is 3.89. The third-order valence-electron chi connectivity index (χ3n) is 2.58. The normalized spacial score (nSPS) is 9.95. The van der Waals surface area contributed by atoms with E-state index in [-0.39, 0.29) is 26.3 Å². The number of ether oxygens (including phenoxy) is 1. The number of para-hydroxylation sites is 2. The number of carbonyl (C=O) groups excluding carboxylic acids is 2. The SMILES string of the molecule is COc1ccccc1NC(=O)C(=O)N(CCO)CCO. The van der Waals surface area contributed by atoms with Crippen molar-refractivity contribution in [1.29, 1.82) is 0 Å². The fourth-order valence-corrected chi connectivity index (χ4v) is 1.62. The van der Waals surface area contributed by atoms with E-state index in [1.54, 1.807) is 24.3 Å². The molecule has 0 aromatic heterocycles. The number of nitrogens with one attached hydrogen (secondary N) is 1. The molecule has 1 rings (SSSR count). The van der Waals surface area contributed by atoms with E-state index in [2.05, 4.69) is 5.32 Å². The van der Waals surface area contributed by atoms with Crippen LogP contribution in [-0.4, -0.2) is 60.3 Å². The first kappa shape index (κ1) is 15.9. The summed E-state index contributed by atoms with van der Waals surface area (Å²) in [5.74, 6) is -1.24. The fourth-order valence-electron chi connectivity index (χ4n) is 1.62. The summed E-state index contributed by atoms with van der Waals surface area (Å²) in [7, 11) is 1.45. The Bertz CT molecular complexity index is 458. The van der Waals surface area contributed by atoms with Crippen molar-refractivity contribution in [2.75, 3.05) is 38.7 Å². The van der Waals surface area contributed by atoms with E-state index in [9.17, 15) is 9.59 Å². The van der Waals surface area contributed by atoms with E-state index in [1.165, 1.54) is 7.11 Å². The van der Waals surface area contributed by atoms with Gasteiger partial charge < -0.3 is 25.2 Å². The summed E-state index contributed by atoms with van der Waals surface area (Å²) in [5.41, 5.74) is 0.376. The minimum atomic E-state index is -0.851. The number of anilines is 1. The number of nitrogens with zero attached hydrogens (tertiary/aromatic N) is 1. The Balaban J connectivity index is 2.76. The number of hydrogen-bond acceptors (Lipinski definition) is 5. The number of amides is 2. The molecule has 0 bridgehead atoms. The molecule has 3 N–H and O–H groups in total. The Morgan fingerprint density at radius 3 is 2.35 bits per heavy atom. The molecule has 0 aliphatic carbocycles. The minimum absolute atomic E-state index is 0.0151. The highest BCUT2D eigenvalue weighted by Gasteiger charge is 2.21. The van der Waals surface area contributed by atoms with Crippen LogP contribution in [-0.2, 0) is 9.59 Å². The van der Waals surface area contributed by atoms with Gasteiger partial charge in [-0.3, -0.25) is 9.59 Å². The minimum Gasteiger partial charge on any atom is -0.495 e. The molecule has 0 fully saturated rings. The first-order valence-electron chi connectivity index (χ1n) is 6.09. The number of aliphatic hydroxyl groups excluding tert-OH is 2. The molecule has 0 spiro atoms. The smallest absolute Gasteiger partial charge is 0.314 e. The first-order chi connectivity index (χ1) is 9.63. The van der Waals surface area contributed by atoms with Gasteiger partial charge in [-0.05, 0) is 12.1 Å². The van der Waals surface area contributed by atoms with Crippen LogP contribution in [0.1, 0.15) is 0 Å². The van der Waals surface area contributed by atoms with Gasteiger partial charge in [0.05, 0.1) is 26.0 Å². The highest BCUT2D eigenvalue weighted by molar-refractivity contribution is 6.39. The van der Waals surface area contributed by atoms with Gasteiger partial charge in [0.1, 0.15) is 5.75 Å². The molecular weight excluding hydrogens is 264 g/mol. The van der Waals surface area contributed by atoms with Gasteiger partial charge in [0.15, 0.2) is 0 Å². The van der Waals surface area contributed by atoms with E-state index < -0.39 is 11.8 Å². The predicted octanol–water partition coefficient (Wildman–Crippen LogP) is -0.553. The van der Waals surface area contributed by atoms with Crippen LogP contribution in [0.2, 0.25) is 0 Å². The molecule has 7 heteroatoms. The zero-order chi connectivity index (χ0) is 15.0. The van der Waals surface area contributed by atoms with Crippen molar-refractivity contribution in [2.24, 2.45) is 0 Å². The molecule has 0 aliphatic rings. The Labute approximate surface area is 116 Å². The van der Waals surface area contributed by atoms with Crippen molar-refractivity contribution in [3.8, 4) is 5.75 Å². The van der Waals surface area contributed by atoms with E-state index in [0.717, 1.165) is 4.90 Å². The average Bonchev–Trinajstić information content (AvgIpc) is 2.46. The molecule has 1 aromatic carbocycles. The summed E-state index contributed by atoms with van der Waals surface area (Å²) in [4.78, 5) is 24.8. The summed E-state index contributed by atoms with van der Waals surface area (Å²) >= 11 is 0. The maximum atomic E-state index is 11.9. The average molecular weight is 282 g/mol. The molecule has 0 atom stereocenters. The standard InChI is InChI=1S/C13H18N2O5/c1-20-11-5-3-2-4-10(11)14-12(18)13(19)15(6-8-16)7-9-17/h2-5,16-17H,6-9H2,1H3,(H,14,18). The van der Waals surface area contributed by atoms with E-state index in [0.29, 0.717) is 11.4 Å². The van der Waals surface area contributed by atoms with Crippen molar-refractivity contribution in [2.45, 2.75) is 0 Å². The number of carbonyl (C=O) groups is 2. The van der Waals surface area contributed by atoms with Crippen LogP contribution in [0.15, 0.2) is 24.3 Å². The fraction of sp³-hybridized carbons (Fsp3) is 0.385. The number of hydrogen-bond donors (Lipinski definition) is 3. The molecule has 7 nitrogen and oxygen atoms in total. The van der Waals surface area contributed by atoms with Crippen LogP contribution in [0.25, 0.3) is 0 Å². The summed E-state index contributed by atoms with van der Waals surface area (Å²) in [5, 5.41) is 20.1. The van der Waals surface area contributed by atoms with Crippen LogP contribution >= 0.6 is 0 Å². The van der Waals surface area contributed by atoms with Gasteiger partial charge in [-0.2, -0.15) is 0 Å². The number of methoxy groups -OCH3 is 1. The number of benzene rings is 1. The number of rotatable bonds is 6. The van der Waals surface area contributed by atoms with E-state index >= 15 is 0 Å². The molecule has 0 aliphatic heterocycles. The Kier molecular flexibility index (Phi) is 6.48.